The van der Waals surface area contributed by atoms with E-state index >= 15 is 0 Å². The minimum Gasteiger partial charge on any atom is -0.506 e. The van der Waals surface area contributed by atoms with Crippen LogP contribution in [-0.2, 0) is 11.2 Å². The van der Waals surface area contributed by atoms with Crippen LogP contribution in [-0.4, -0.2) is 33.7 Å². The zero-order valence-electron chi connectivity index (χ0n) is 8.82. The van der Waals surface area contributed by atoms with Crippen LogP contribution in [0.15, 0.2) is 12.3 Å². The van der Waals surface area contributed by atoms with Crippen molar-refractivity contribution in [1.82, 2.24) is 4.98 Å². The van der Waals surface area contributed by atoms with Gasteiger partial charge in [0.15, 0.2) is 0 Å². The molecule has 6 nitrogen and oxygen atoms in total. The summed E-state index contributed by atoms with van der Waals surface area (Å²) in [7, 11) is 0. The van der Waals surface area contributed by atoms with Crippen LogP contribution in [0, 0.1) is 0 Å². The fourth-order valence-corrected chi connectivity index (χ4v) is 1.66. The molecule has 1 aliphatic carbocycles. The second-order valence-electron chi connectivity index (χ2n) is 3.33. The fraction of sp³-hybridized carbons (Fsp3) is 0.200. The minimum absolute atomic E-state index is 0. The van der Waals surface area contributed by atoms with Gasteiger partial charge in [-0.05, 0) is 18.5 Å². The number of Topliss-reactive ketones (excluding diaryl/α,β-unsaturated/α-hetero) is 1. The zero-order valence-corrected chi connectivity index (χ0v) is 9.63. The highest BCUT2D eigenvalue weighted by molar-refractivity contribution is 6.50. The second kappa shape index (κ2) is 5.62. The van der Waals surface area contributed by atoms with E-state index in [0.717, 1.165) is 6.08 Å². The Labute approximate surface area is 103 Å². The predicted octanol–water partition coefficient (Wildman–Crippen LogP) is -0.223. The maximum absolute atomic E-state index is 11.6. The Morgan fingerprint density at radius 2 is 2.00 bits per heavy atom. The molecular weight excluding hydrogens is 248 g/mol. The van der Waals surface area contributed by atoms with Crippen LogP contribution in [0.2, 0.25) is 0 Å². The van der Waals surface area contributed by atoms with Crippen LogP contribution < -0.4 is 5.73 Å². The first kappa shape index (κ1) is 15.4. The summed E-state index contributed by atoms with van der Waals surface area (Å²) in [6.07, 6.45) is 3.02. The third kappa shape index (κ3) is 2.38. The number of nitrogens with two attached hydrogens (primary N) is 1. The van der Waals surface area contributed by atoms with E-state index in [1.54, 1.807) is 6.20 Å². The molecule has 0 bridgehead atoms. The van der Waals surface area contributed by atoms with Crippen LogP contribution >= 0.6 is 12.4 Å². The number of halogens is 1. The fourth-order valence-electron chi connectivity index (χ4n) is 1.66. The second-order valence-corrected chi connectivity index (χ2v) is 3.33. The third-order valence-corrected chi connectivity index (χ3v) is 2.35. The van der Waals surface area contributed by atoms with E-state index in [4.69, 9.17) is 5.73 Å². The van der Waals surface area contributed by atoms with Crippen LogP contribution in [0.3, 0.4) is 0 Å². The molecule has 17 heavy (non-hydrogen) atoms. The summed E-state index contributed by atoms with van der Waals surface area (Å²) >= 11 is 0. The Morgan fingerprint density at radius 1 is 1.35 bits per heavy atom. The van der Waals surface area contributed by atoms with Crippen molar-refractivity contribution in [2.45, 2.75) is 6.42 Å². The van der Waals surface area contributed by atoms with Crippen molar-refractivity contribution in [1.29, 1.82) is 0 Å². The molecule has 0 atom stereocenters. The number of nitrogens with one attached hydrogen (secondary N) is 1. The summed E-state index contributed by atoms with van der Waals surface area (Å²) in [6.45, 7) is 0.385. The number of allylic oxidation sites excluding steroid dienone is 1. The van der Waals surface area contributed by atoms with Gasteiger partial charge in [0.05, 0.1) is 11.3 Å². The van der Waals surface area contributed by atoms with Gasteiger partial charge in [-0.25, -0.2) is 0 Å². The van der Waals surface area contributed by atoms with Crippen molar-refractivity contribution in [3.05, 3.63) is 29.1 Å². The van der Waals surface area contributed by atoms with Crippen molar-refractivity contribution in [3.63, 3.8) is 0 Å². The van der Waals surface area contributed by atoms with Crippen molar-refractivity contribution >= 4 is 29.7 Å². The molecule has 0 aliphatic heterocycles. The first-order valence-electron chi connectivity index (χ1n) is 4.55. The summed E-state index contributed by atoms with van der Waals surface area (Å²) in [4.78, 5) is 25.5. The average Bonchev–Trinajstić information content (AvgIpc) is 2.60. The van der Waals surface area contributed by atoms with Gasteiger partial charge >= 0.3 is 0 Å². The molecule has 6 N–H and O–H groups in total. The lowest BCUT2D eigenvalue weighted by Crippen LogP contribution is -2.19. The molecule has 7 heteroatoms. The highest BCUT2D eigenvalue weighted by atomic mass is 35.5. The Balaban J connectivity index is 0.00000128. The monoisotopic (exact) mass is 260 g/mol. The van der Waals surface area contributed by atoms with Gasteiger partial charge in [0.25, 0.3) is 0 Å². The van der Waals surface area contributed by atoms with Crippen molar-refractivity contribution in [2.75, 3.05) is 6.54 Å². The number of H-pyrrole nitrogens is 1. The number of aromatic amines is 1. The third-order valence-electron chi connectivity index (χ3n) is 2.35. The highest BCUT2D eigenvalue weighted by Gasteiger charge is 2.29. The summed E-state index contributed by atoms with van der Waals surface area (Å²) in [5, 5.41) is 9.46. The molecule has 0 aromatic carbocycles. The summed E-state index contributed by atoms with van der Waals surface area (Å²) in [5.41, 5.74) is 6.62. The number of hydrogen-bond donors (Lipinski definition) is 3. The lowest BCUT2D eigenvalue weighted by Gasteiger charge is -2.08. The molecule has 0 fully saturated rings. The van der Waals surface area contributed by atoms with E-state index in [1.807, 2.05) is 0 Å². The maximum atomic E-state index is 11.6. The summed E-state index contributed by atoms with van der Waals surface area (Å²) in [6, 6.07) is 0. The van der Waals surface area contributed by atoms with Crippen molar-refractivity contribution < 1.29 is 20.2 Å². The number of aliphatic hydroxyl groups excluding tert-OH is 1. The van der Waals surface area contributed by atoms with Crippen LogP contribution in [0.25, 0.3) is 5.76 Å². The van der Waals surface area contributed by atoms with Gasteiger partial charge in [-0.3, -0.25) is 9.59 Å². The van der Waals surface area contributed by atoms with Gasteiger partial charge in [0, 0.05) is 12.3 Å². The molecular formula is C10H13ClN2O4. The molecule has 0 unspecified atom stereocenters. The summed E-state index contributed by atoms with van der Waals surface area (Å²) in [5.74, 6) is -1.48. The minimum atomic E-state index is -0.696. The number of aromatic nitrogens is 1. The molecule has 1 aliphatic rings. The molecule has 1 heterocycles. The largest absolute Gasteiger partial charge is 0.506 e. The number of fused-ring (bicyclic) bond motifs is 1. The molecule has 0 amide bonds. The zero-order chi connectivity index (χ0) is 11.0. The molecule has 0 radical (unpaired) electrons. The number of ketones is 2. The van der Waals surface area contributed by atoms with Gasteiger partial charge in [-0.15, -0.1) is 12.4 Å². The number of aliphatic hydroxyl groups is 1. The van der Waals surface area contributed by atoms with E-state index in [9.17, 15) is 14.7 Å². The van der Waals surface area contributed by atoms with Gasteiger partial charge in [-0.1, -0.05) is 0 Å². The Bertz CT molecular complexity index is 479. The predicted molar refractivity (Wildman–Crippen MR) is 64.4 cm³/mol. The Morgan fingerprint density at radius 3 is 2.59 bits per heavy atom. The van der Waals surface area contributed by atoms with E-state index < -0.39 is 11.6 Å². The number of rotatable bonds is 2. The molecule has 1 aromatic rings. The van der Waals surface area contributed by atoms with Gasteiger partial charge in [0.1, 0.15) is 5.76 Å². The lowest BCUT2D eigenvalue weighted by molar-refractivity contribution is -0.111. The van der Waals surface area contributed by atoms with Crippen LogP contribution in [0.1, 0.15) is 21.6 Å². The average molecular weight is 261 g/mol. The molecule has 94 valence electrons. The normalized spacial score (nSPS) is 13.4. The smallest absolute Gasteiger partial charge is 0.235 e. The Hall–Kier alpha value is -1.63. The van der Waals surface area contributed by atoms with Gasteiger partial charge in [-0.2, -0.15) is 0 Å². The summed E-state index contributed by atoms with van der Waals surface area (Å²) < 4.78 is 0. The lowest BCUT2D eigenvalue weighted by atomic mass is 9.95. The van der Waals surface area contributed by atoms with Crippen LogP contribution in [0.5, 0.6) is 0 Å². The molecule has 2 rings (SSSR count). The Kier molecular flexibility index (Phi) is 5.09. The number of carbonyl (C=O) groups excluding carboxylic acids is 2. The van der Waals surface area contributed by atoms with E-state index in [-0.39, 0.29) is 29.2 Å². The standard InChI is InChI=1S/C10H10N2O3.ClH.H2O/c11-2-1-5-4-12-9-6(13)3-7(14)10(15)8(5)9;;/h3-4,12-13H,1-2,11H2;1H;1H2. The van der Waals surface area contributed by atoms with E-state index in [1.165, 1.54) is 0 Å². The first-order valence-corrected chi connectivity index (χ1v) is 4.55. The van der Waals surface area contributed by atoms with Crippen LogP contribution in [0.4, 0.5) is 0 Å². The van der Waals surface area contributed by atoms with Crippen molar-refractivity contribution in [3.8, 4) is 0 Å². The van der Waals surface area contributed by atoms with E-state index in [2.05, 4.69) is 4.98 Å². The molecule has 0 spiro atoms. The van der Waals surface area contributed by atoms with Gasteiger partial charge in [0.2, 0.25) is 11.6 Å². The van der Waals surface area contributed by atoms with Crippen molar-refractivity contribution in [2.24, 2.45) is 5.73 Å². The topological polar surface area (TPSA) is 128 Å². The number of hydrogen-bond acceptors (Lipinski definition) is 4. The maximum Gasteiger partial charge on any atom is 0.235 e. The van der Waals surface area contributed by atoms with Gasteiger partial charge < -0.3 is 21.3 Å². The SMILES string of the molecule is Cl.NCCc1c[nH]c2c1C(=O)C(=O)C=C2O.O. The van der Waals surface area contributed by atoms with E-state index in [0.29, 0.717) is 24.2 Å². The number of carbonyl (C=O) groups is 2. The highest BCUT2D eigenvalue weighted by Crippen LogP contribution is 2.25. The molecule has 0 saturated heterocycles. The molecule has 0 saturated carbocycles. The first-order chi connectivity index (χ1) is 7.15. The quantitative estimate of drug-likeness (QED) is 0.635. The molecule has 1 aromatic heterocycles.